The minimum atomic E-state index is -0.820. The first-order chi connectivity index (χ1) is 22.3. The molecule has 4 saturated heterocycles. The molecule has 1 amide bonds. The highest BCUT2D eigenvalue weighted by atomic mass is 35.5. The number of nitrogens with zero attached hydrogens (tertiary/aromatic N) is 6. The lowest BCUT2D eigenvalue weighted by atomic mass is 10.1. The summed E-state index contributed by atoms with van der Waals surface area (Å²) in [5.41, 5.74) is 0.501. The quantitative estimate of drug-likeness (QED) is 0.153. The number of hydrogen-bond acceptors (Lipinski definition) is 13. The number of likely N-dealkylation sites (tertiary alicyclic amines) is 1. The Bertz CT molecular complexity index is 1400. The maximum atomic E-state index is 13.0. The number of ether oxygens (including phenoxy) is 7. The number of carbonyl (C=O) groups is 1. The van der Waals surface area contributed by atoms with Gasteiger partial charge in [-0.1, -0.05) is 5.92 Å². The van der Waals surface area contributed by atoms with Crippen LogP contribution >= 0.6 is 11.6 Å². The monoisotopic (exact) mass is 664 g/mol. The lowest BCUT2D eigenvalue weighted by Crippen LogP contribution is -2.49. The largest absolute Gasteiger partial charge is 0.394 e. The number of anilines is 1. The Hall–Kier alpha value is -2.65. The van der Waals surface area contributed by atoms with Crippen molar-refractivity contribution in [1.29, 1.82) is 0 Å². The van der Waals surface area contributed by atoms with E-state index in [1.165, 1.54) is 0 Å². The van der Waals surface area contributed by atoms with Crippen molar-refractivity contribution in [2.45, 2.75) is 69.1 Å². The van der Waals surface area contributed by atoms with Gasteiger partial charge in [0.05, 0.1) is 82.9 Å². The van der Waals surface area contributed by atoms with Crippen LogP contribution in [-0.2, 0) is 38.0 Å². The van der Waals surface area contributed by atoms with Crippen molar-refractivity contribution in [1.82, 2.24) is 24.6 Å². The normalized spacial score (nSPS) is 28.0. The second-order valence-corrected chi connectivity index (χ2v) is 12.4. The molecule has 2 aromatic rings. The van der Waals surface area contributed by atoms with Crippen LogP contribution in [-0.4, -0.2) is 144 Å². The van der Waals surface area contributed by atoms with Crippen molar-refractivity contribution in [3.05, 3.63) is 11.5 Å². The molecule has 0 unspecified atom stereocenters. The first-order valence-electron chi connectivity index (χ1n) is 15.6. The molecule has 15 nitrogen and oxygen atoms in total. The predicted molar refractivity (Wildman–Crippen MR) is 163 cm³/mol. The molecule has 0 aromatic carbocycles. The molecule has 0 radical (unpaired) electrons. The highest BCUT2D eigenvalue weighted by Gasteiger charge is 2.56. The summed E-state index contributed by atoms with van der Waals surface area (Å²) in [6.07, 6.45) is 5.80. The first kappa shape index (κ1) is 33.3. The highest BCUT2D eigenvalue weighted by Crippen LogP contribution is 2.44. The molecule has 2 bridgehead atoms. The van der Waals surface area contributed by atoms with Gasteiger partial charge in [0.2, 0.25) is 11.2 Å². The molecule has 16 heteroatoms. The molecular weight excluding hydrogens is 624 g/mol. The fourth-order valence-electron chi connectivity index (χ4n) is 6.62. The summed E-state index contributed by atoms with van der Waals surface area (Å²) >= 11 is 6.45. The molecule has 4 aliphatic rings. The van der Waals surface area contributed by atoms with Crippen molar-refractivity contribution < 1.29 is 43.1 Å². The SMILES string of the molecule is C#CCOCCOCCOCCOCCC(=O)N1C[C@@H]2C[C@H]1CN2c1nc(Cl)nc2c1cnn2[C@@H]1O[C@H](CO)[C@H]2OC(C)(C)O[C@H]21. The van der Waals surface area contributed by atoms with Gasteiger partial charge in [-0.25, -0.2) is 4.68 Å². The van der Waals surface area contributed by atoms with Gasteiger partial charge in [0, 0.05) is 13.1 Å². The van der Waals surface area contributed by atoms with Crippen LogP contribution in [0.2, 0.25) is 5.28 Å². The summed E-state index contributed by atoms with van der Waals surface area (Å²) in [7, 11) is 0. The number of hydrogen-bond donors (Lipinski definition) is 1. The number of aliphatic hydroxyl groups is 1. The molecule has 4 aliphatic heterocycles. The van der Waals surface area contributed by atoms with E-state index in [1.54, 1.807) is 10.9 Å². The summed E-state index contributed by atoms with van der Waals surface area (Å²) in [4.78, 5) is 26.2. The van der Waals surface area contributed by atoms with E-state index in [9.17, 15) is 9.90 Å². The molecule has 0 spiro atoms. The number of aromatic nitrogens is 4. The van der Waals surface area contributed by atoms with Gasteiger partial charge in [-0.2, -0.15) is 15.1 Å². The van der Waals surface area contributed by atoms with Gasteiger partial charge in [-0.05, 0) is 31.9 Å². The number of carbonyl (C=O) groups excluding carboxylic acids is 1. The average Bonchev–Trinajstić information content (AvgIpc) is 3.85. The van der Waals surface area contributed by atoms with E-state index in [0.29, 0.717) is 77.2 Å². The van der Waals surface area contributed by atoms with Crippen LogP contribution in [0.15, 0.2) is 6.20 Å². The van der Waals surface area contributed by atoms with Crippen LogP contribution in [0.3, 0.4) is 0 Å². The van der Waals surface area contributed by atoms with E-state index in [0.717, 1.165) is 11.8 Å². The van der Waals surface area contributed by atoms with Crippen LogP contribution in [0.1, 0.15) is 32.9 Å². The van der Waals surface area contributed by atoms with Crippen LogP contribution in [0.25, 0.3) is 11.0 Å². The maximum absolute atomic E-state index is 13.0. The van der Waals surface area contributed by atoms with E-state index >= 15 is 0 Å². The molecule has 0 saturated carbocycles. The van der Waals surface area contributed by atoms with Gasteiger partial charge < -0.3 is 48.1 Å². The number of rotatable bonds is 16. The van der Waals surface area contributed by atoms with E-state index in [4.69, 9.17) is 51.2 Å². The Morgan fingerprint density at radius 2 is 1.74 bits per heavy atom. The third-order valence-electron chi connectivity index (χ3n) is 8.55. The van der Waals surface area contributed by atoms with Gasteiger partial charge in [0.25, 0.3) is 0 Å². The fraction of sp³-hybridized carbons (Fsp3) is 0.733. The molecule has 6 rings (SSSR count). The Morgan fingerprint density at radius 3 is 2.41 bits per heavy atom. The fourth-order valence-corrected chi connectivity index (χ4v) is 6.78. The smallest absolute Gasteiger partial charge is 0.226 e. The van der Waals surface area contributed by atoms with E-state index in [-0.39, 0.29) is 36.5 Å². The molecule has 2 aromatic heterocycles. The Morgan fingerprint density at radius 1 is 1.04 bits per heavy atom. The zero-order valence-electron chi connectivity index (χ0n) is 26.1. The Kier molecular flexibility index (Phi) is 10.6. The van der Waals surface area contributed by atoms with Gasteiger partial charge in [-0.3, -0.25) is 4.79 Å². The minimum absolute atomic E-state index is 0.0622. The number of halogens is 1. The Labute approximate surface area is 272 Å². The first-order valence-corrected chi connectivity index (χ1v) is 16.0. The molecule has 6 heterocycles. The third kappa shape index (κ3) is 7.10. The number of fused-ring (bicyclic) bond motifs is 4. The highest BCUT2D eigenvalue weighted by molar-refractivity contribution is 6.28. The second kappa shape index (κ2) is 14.6. The molecule has 1 N–H and O–H groups in total. The van der Waals surface area contributed by atoms with Crippen LogP contribution in [0, 0.1) is 12.3 Å². The topological polar surface area (TPSA) is 152 Å². The summed E-state index contributed by atoms with van der Waals surface area (Å²) in [6.45, 7) is 7.94. The molecule has 0 aliphatic carbocycles. The lowest BCUT2D eigenvalue weighted by molar-refractivity contribution is -0.201. The van der Waals surface area contributed by atoms with Gasteiger partial charge in [-0.15, -0.1) is 6.42 Å². The molecule has 46 heavy (non-hydrogen) atoms. The molecule has 6 atom stereocenters. The molecular formula is C30H41ClN6O9. The van der Waals surface area contributed by atoms with Crippen LogP contribution < -0.4 is 4.90 Å². The minimum Gasteiger partial charge on any atom is -0.394 e. The van der Waals surface area contributed by atoms with Crippen molar-refractivity contribution >= 4 is 34.4 Å². The van der Waals surface area contributed by atoms with Crippen molar-refractivity contribution in [2.24, 2.45) is 0 Å². The maximum Gasteiger partial charge on any atom is 0.226 e. The van der Waals surface area contributed by atoms with Crippen molar-refractivity contribution in [3.63, 3.8) is 0 Å². The van der Waals surface area contributed by atoms with Gasteiger partial charge in [0.15, 0.2) is 17.7 Å². The van der Waals surface area contributed by atoms with Crippen LogP contribution in [0.4, 0.5) is 5.82 Å². The van der Waals surface area contributed by atoms with Gasteiger partial charge >= 0.3 is 0 Å². The number of piperazine rings is 1. The zero-order valence-corrected chi connectivity index (χ0v) is 26.8. The van der Waals surface area contributed by atoms with Crippen molar-refractivity contribution in [3.8, 4) is 12.3 Å². The summed E-state index contributed by atoms with van der Waals surface area (Å²) < 4.78 is 41.5. The standard InChI is InChI=1S/C30H41ClN6O9/c1-4-6-40-8-10-42-12-13-43-11-9-41-7-5-23(39)35-16-20-14-19(35)17-36(20)26-21-15-32-37(27(21)34-29(31)33-26)28-25-24(22(18-38)44-28)45-30(2,3)46-25/h1,15,19-20,22,24-25,28,38H,5-14,16-18H2,2-3H3/t19-,20-,22+,24+,25+,28+/m0/s1. The second-order valence-electron chi connectivity index (χ2n) is 12.0. The summed E-state index contributed by atoms with van der Waals surface area (Å²) in [5, 5.41) is 15.3. The summed E-state index contributed by atoms with van der Waals surface area (Å²) in [5.74, 6) is 2.32. The van der Waals surface area contributed by atoms with E-state index in [2.05, 4.69) is 25.9 Å². The average molecular weight is 665 g/mol. The summed E-state index contributed by atoms with van der Waals surface area (Å²) in [6, 6.07) is 0.150. The van der Waals surface area contributed by atoms with Gasteiger partial charge in [0.1, 0.15) is 30.7 Å². The lowest BCUT2D eigenvalue weighted by Gasteiger charge is -2.35. The zero-order chi connectivity index (χ0) is 32.3. The third-order valence-corrected chi connectivity index (χ3v) is 8.72. The van der Waals surface area contributed by atoms with Crippen LogP contribution in [0.5, 0.6) is 0 Å². The number of amides is 1. The number of aliphatic hydroxyl groups excluding tert-OH is 1. The molecule has 252 valence electrons. The van der Waals surface area contributed by atoms with E-state index < -0.39 is 30.3 Å². The van der Waals surface area contributed by atoms with Crippen molar-refractivity contribution in [2.75, 3.05) is 77.5 Å². The molecule has 4 fully saturated rings. The Balaban J connectivity index is 0.979. The predicted octanol–water partition coefficient (Wildman–Crippen LogP) is 0.769. The number of terminal acetylenes is 1. The van der Waals surface area contributed by atoms with E-state index in [1.807, 2.05) is 18.7 Å².